The molecule has 0 saturated carbocycles. The molecule has 2 bridgehead atoms. The number of nitrogens with one attached hydrogen (secondary N) is 1. The van der Waals surface area contributed by atoms with E-state index in [-0.39, 0.29) is 17.8 Å². The van der Waals surface area contributed by atoms with Crippen molar-refractivity contribution in [2.24, 2.45) is 0 Å². The minimum Gasteiger partial charge on any atom is -0.333 e. The molecule has 2 unspecified atom stereocenters. The van der Waals surface area contributed by atoms with Gasteiger partial charge in [-0.25, -0.2) is 4.39 Å². The number of piperazine rings is 1. The summed E-state index contributed by atoms with van der Waals surface area (Å²) >= 11 is 0. The number of fused-ring (bicyclic) bond motifs is 2. The smallest absolute Gasteiger partial charge is 0.240 e. The molecule has 0 radical (unpaired) electrons. The lowest BCUT2D eigenvalue weighted by molar-refractivity contribution is -0.132. The Labute approximate surface area is 107 Å². The maximum Gasteiger partial charge on any atom is 0.240 e. The van der Waals surface area contributed by atoms with Gasteiger partial charge in [-0.3, -0.25) is 4.79 Å². The summed E-state index contributed by atoms with van der Waals surface area (Å²) in [5.41, 5.74) is 0.862. The summed E-state index contributed by atoms with van der Waals surface area (Å²) in [6.45, 7) is 5.39. The highest BCUT2D eigenvalue weighted by atomic mass is 19.1. The summed E-state index contributed by atoms with van der Waals surface area (Å²) in [6, 6.07) is 6.74. The van der Waals surface area contributed by atoms with Gasteiger partial charge in [0.15, 0.2) is 0 Å². The molecule has 2 aliphatic heterocycles. The van der Waals surface area contributed by atoms with Crippen molar-refractivity contribution in [2.75, 3.05) is 6.54 Å². The largest absolute Gasteiger partial charge is 0.333 e. The highest BCUT2D eigenvalue weighted by Gasteiger charge is 2.44. The van der Waals surface area contributed by atoms with Crippen LogP contribution in [0.15, 0.2) is 24.3 Å². The number of benzene rings is 1. The van der Waals surface area contributed by atoms with E-state index >= 15 is 0 Å². The van der Waals surface area contributed by atoms with Crippen LogP contribution in [0.2, 0.25) is 0 Å². The average molecular weight is 250 g/mol. The van der Waals surface area contributed by atoms with Gasteiger partial charge in [0.1, 0.15) is 5.82 Å². The van der Waals surface area contributed by atoms with Crippen LogP contribution < -0.4 is 5.32 Å². The van der Waals surface area contributed by atoms with Gasteiger partial charge < -0.3 is 10.2 Å². The van der Waals surface area contributed by atoms with E-state index in [4.69, 9.17) is 0 Å². The molecule has 0 aliphatic carbocycles. The summed E-state index contributed by atoms with van der Waals surface area (Å²) in [6.07, 6.45) is 0.897. The van der Waals surface area contributed by atoms with Crippen LogP contribution in [-0.2, 0) is 11.3 Å². The third-order valence-electron chi connectivity index (χ3n) is 3.37. The number of halogens is 1. The molecule has 1 aromatic rings. The van der Waals surface area contributed by atoms with E-state index in [0.717, 1.165) is 18.5 Å². The van der Waals surface area contributed by atoms with Crippen LogP contribution in [0.5, 0.6) is 0 Å². The van der Waals surface area contributed by atoms with Crippen molar-refractivity contribution in [3.8, 4) is 0 Å². The lowest BCUT2D eigenvalue weighted by Crippen LogP contribution is -2.47. The average Bonchev–Trinajstić information content (AvgIpc) is 2.96. The molecule has 3 rings (SSSR count). The van der Waals surface area contributed by atoms with E-state index in [2.05, 4.69) is 5.32 Å². The predicted molar refractivity (Wildman–Crippen MR) is 68.5 cm³/mol. The summed E-state index contributed by atoms with van der Waals surface area (Å²) in [5, 5.41) is 3.17. The van der Waals surface area contributed by atoms with Gasteiger partial charge in [-0.05, 0) is 24.1 Å². The molecule has 4 heteroatoms. The SMILES string of the molecule is CC.O=C1C2CC(CN2)N1Cc1cccc(F)c1. The van der Waals surface area contributed by atoms with Crippen LogP contribution in [0.1, 0.15) is 25.8 Å². The zero-order chi connectivity index (χ0) is 13.1. The van der Waals surface area contributed by atoms with Crippen molar-refractivity contribution in [3.05, 3.63) is 35.6 Å². The second-order valence-corrected chi connectivity index (χ2v) is 4.45. The third kappa shape index (κ3) is 2.38. The van der Waals surface area contributed by atoms with E-state index < -0.39 is 0 Å². The molecule has 1 amide bonds. The fraction of sp³-hybridized carbons (Fsp3) is 0.500. The molecule has 2 saturated heterocycles. The van der Waals surface area contributed by atoms with Gasteiger partial charge in [-0.15, -0.1) is 0 Å². The number of carbonyl (C=O) groups excluding carboxylic acids is 1. The number of hydrogen-bond donors (Lipinski definition) is 1. The summed E-state index contributed by atoms with van der Waals surface area (Å²) in [4.78, 5) is 13.7. The first-order valence-electron chi connectivity index (χ1n) is 6.52. The van der Waals surface area contributed by atoms with E-state index in [0.29, 0.717) is 12.6 Å². The summed E-state index contributed by atoms with van der Waals surface area (Å²) in [7, 11) is 0. The first-order chi connectivity index (χ1) is 8.74. The molecular weight excluding hydrogens is 231 g/mol. The second kappa shape index (κ2) is 5.48. The summed E-state index contributed by atoms with van der Waals surface area (Å²) < 4.78 is 13.0. The van der Waals surface area contributed by atoms with Crippen LogP contribution >= 0.6 is 0 Å². The van der Waals surface area contributed by atoms with Crippen LogP contribution in [-0.4, -0.2) is 29.4 Å². The number of hydrogen-bond acceptors (Lipinski definition) is 2. The molecule has 2 aliphatic rings. The number of carbonyl (C=O) groups is 1. The van der Waals surface area contributed by atoms with Crippen molar-refractivity contribution in [2.45, 2.75) is 38.9 Å². The highest BCUT2D eigenvalue weighted by Crippen LogP contribution is 2.26. The van der Waals surface area contributed by atoms with Crippen LogP contribution in [0.4, 0.5) is 4.39 Å². The topological polar surface area (TPSA) is 32.3 Å². The first-order valence-corrected chi connectivity index (χ1v) is 6.52. The Bertz CT molecular complexity index is 436. The number of rotatable bonds is 2. The number of likely N-dealkylation sites (tertiary alicyclic amines) is 1. The molecule has 2 fully saturated rings. The second-order valence-electron chi connectivity index (χ2n) is 4.45. The van der Waals surface area contributed by atoms with Crippen LogP contribution in [0.3, 0.4) is 0 Å². The van der Waals surface area contributed by atoms with Gasteiger partial charge in [0.05, 0.1) is 6.04 Å². The van der Waals surface area contributed by atoms with Gasteiger partial charge in [-0.2, -0.15) is 0 Å². The van der Waals surface area contributed by atoms with E-state index in [1.165, 1.54) is 12.1 Å². The summed E-state index contributed by atoms with van der Waals surface area (Å²) in [5.74, 6) is -0.0899. The minimum absolute atomic E-state index is 0.00133. The Morgan fingerprint density at radius 1 is 1.44 bits per heavy atom. The van der Waals surface area contributed by atoms with E-state index in [1.54, 1.807) is 6.07 Å². The fourth-order valence-electron chi connectivity index (χ4n) is 2.56. The molecule has 0 spiro atoms. The van der Waals surface area contributed by atoms with Gasteiger partial charge in [-0.1, -0.05) is 26.0 Å². The van der Waals surface area contributed by atoms with Crippen LogP contribution in [0.25, 0.3) is 0 Å². The standard InChI is InChI=1S/C12H13FN2O.C2H6/c13-9-3-1-2-8(4-9)7-15-10-5-11(12(15)16)14-6-10;1-2/h1-4,10-11,14H,5-7H2;1-2H3. The third-order valence-corrected chi connectivity index (χ3v) is 3.37. The molecular formula is C14H19FN2O. The molecule has 98 valence electrons. The van der Waals surface area contributed by atoms with Gasteiger partial charge in [0.2, 0.25) is 5.91 Å². The van der Waals surface area contributed by atoms with Crippen molar-refractivity contribution in [1.82, 2.24) is 10.2 Å². The Morgan fingerprint density at radius 3 is 2.83 bits per heavy atom. The molecule has 1 aromatic carbocycles. The van der Waals surface area contributed by atoms with Crippen molar-refractivity contribution in [1.29, 1.82) is 0 Å². The quantitative estimate of drug-likeness (QED) is 0.869. The monoisotopic (exact) mass is 250 g/mol. The van der Waals surface area contributed by atoms with Gasteiger partial charge in [0.25, 0.3) is 0 Å². The molecule has 2 heterocycles. The minimum atomic E-state index is -0.243. The Morgan fingerprint density at radius 2 is 2.22 bits per heavy atom. The first kappa shape index (κ1) is 13.0. The highest BCUT2D eigenvalue weighted by molar-refractivity contribution is 5.85. The van der Waals surface area contributed by atoms with Gasteiger partial charge >= 0.3 is 0 Å². The lowest BCUT2D eigenvalue weighted by atomic mass is 10.2. The van der Waals surface area contributed by atoms with Crippen LogP contribution in [0, 0.1) is 5.82 Å². The molecule has 18 heavy (non-hydrogen) atoms. The predicted octanol–water partition coefficient (Wildman–Crippen LogP) is 1.92. The molecule has 2 atom stereocenters. The zero-order valence-electron chi connectivity index (χ0n) is 10.8. The Hall–Kier alpha value is -1.42. The maximum absolute atomic E-state index is 13.0. The normalized spacial score (nSPS) is 25.1. The molecule has 0 aromatic heterocycles. The Balaban J connectivity index is 0.000000574. The lowest BCUT2D eigenvalue weighted by Gasteiger charge is -2.27. The van der Waals surface area contributed by atoms with Crippen molar-refractivity contribution >= 4 is 5.91 Å². The zero-order valence-corrected chi connectivity index (χ0v) is 10.8. The van der Waals surface area contributed by atoms with Crippen molar-refractivity contribution < 1.29 is 9.18 Å². The van der Waals surface area contributed by atoms with Crippen molar-refractivity contribution in [3.63, 3.8) is 0 Å². The van der Waals surface area contributed by atoms with Gasteiger partial charge in [0, 0.05) is 19.1 Å². The fourth-order valence-corrected chi connectivity index (χ4v) is 2.56. The number of nitrogens with zero attached hydrogens (tertiary/aromatic N) is 1. The Kier molecular flexibility index (Phi) is 3.97. The maximum atomic E-state index is 13.0. The molecule has 1 N–H and O–H groups in total. The number of amides is 1. The van der Waals surface area contributed by atoms with E-state index in [1.807, 2.05) is 24.8 Å². The molecule has 3 nitrogen and oxygen atoms in total. The van der Waals surface area contributed by atoms with E-state index in [9.17, 15) is 9.18 Å².